The normalized spacial score (nSPS) is 22.2. The molecule has 1 spiro atoms. The number of ether oxygens (including phenoxy) is 1. The summed E-state index contributed by atoms with van der Waals surface area (Å²) in [6.45, 7) is 10.1. The van der Waals surface area contributed by atoms with Gasteiger partial charge in [0, 0.05) is 36.5 Å². The summed E-state index contributed by atoms with van der Waals surface area (Å²) >= 11 is 1.08. The minimum absolute atomic E-state index is 0.0643. The van der Waals surface area contributed by atoms with Crippen LogP contribution in [0.5, 0.6) is 0 Å². The van der Waals surface area contributed by atoms with E-state index in [1.54, 1.807) is 17.9 Å². The van der Waals surface area contributed by atoms with E-state index in [0.29, 0.717) is 41.5 Å². The topological polar surface area (TPSA) is 58.6 Å². The van der Waals surface area contributed by atoms with Crippen LogP contribution in [0.15, 0.2) is 6.07 Å². The second-order valence-electron chi connectivity index (χ2n) is 9.99. The summed E-state index contributed by atoms with van der Waals surface area (Å²) in [5.74, 6) is 1.25. The fraction of sp³-hybridized carbons (Fsp3) is 0.682. The molecule has 2 saturated heterocycles. The lowest BCUT2D eigenvalue weighted by atomic mass is 9.79. The zero-order valence-corrected chi connectivity index (χ0v) is 19.7. The summed E-state index contributed by atoms with van der Waals surface area (Å²) in [6.07, 6.45) is -2.69. The molecule has 2 aliphatic heterocycles. The maximum absolute atomic E-state index is 12.9. The molecular formula is C22H29F3N4O2S. The molecule has 0 radical (unpaired) electrons. The summed E-state index contributed by atoms with van der Waals surface area (Å²) in [6, 6.07) is 1.59. The fourth-order valence-electron chi connectivity index (χ4n) is 4.72. The number of carbonyl (C=O) groups excluding carboxylic acids is 1. The molecule has 1 unspecified atom stereocenters. The van der Waals surface area contributed by atoms with Crippen LogP contribution in [0.2, 0.25) is 0 Å². The van der Waals surface area contributed by atoms with Gasteiger partial charge in [0.15, 0.2) is 0 Å². The standard InChI is InChI=1S/C22H29F3N4O2S/c1-14-26-17(16-10-15(11-22(23,24)25)32-18(16)27-14)28-8-5-6-21(12-28)7-9-29(13-21)19(30)31-20(2,3)4/h10H,5-9,11-13H2,1-4H3. The molecule has 2 aromatic heterocycles. The molecule has 0 N–H and O–H groups in total. The second kappa shape index (κ2) is 8.04. The SMILES string of the molecule is Cc1nc(N2CCCC3(CCN(C(=O)OC(C)(C)C)C3)C2)c2cc(CC(F)(F)F)sc2n1. The first-order chi connectivity index (χ1) is 14.8. The van der Waals surface area contributed by atoms with E-state index in [-0.39, 0.29) is 16.4 Å². The third-order valence-electron chi connectivity index (χ3n) is 5.96. The quantitative estimate of drug-likeness (QED) is 0.594. The summed E-state index contributed by atoms with van der Waals surface area (Å²) in [5.41, 5.74) is -0.603. The van der Waals surface area contributed by atoms with Crippen molar-refractivity contribution in [2.24, 2.45) is 5.41 Å². The molecule has 0 aromatic carbocycles. The molecule has 10 heteroatoms. The van der Waals surface area contributed by atoms with Gasteiger partial charge < -0.3 is 14.5 Å². The van der Waals surface area contributed by atoms with Crippen molar-refractivity contribution in [3.63, 3.8) is 0 Å². The van der Waals surface area contributed by atoms with E-state index in [4.69, 9.17) is 4.74 Å². The lowest BCUT2D eigenvalue weighted by molar-refractivity contribution is -0.126. The van der Waals surface area contributed by atoms with Gasteiger partial charge in [-0.25, -0.2) is 14.8 Å². The van der Waals surface area contributed by atoms with E-state index in [9.17, 15) is 18.0 Å². The van der Waals surface area contributed by atoms with Crippen LogP contribution in [0.3, 0.4) is 0 Å². The highest BCUT2D eigenvalue weighted by Crippen LogP contribution is 2.42. The minimum atomic E-state index is -4.26. The van der Waals surface area contributed by atoms with E-state index in [0.717, 1.165) is 37.1 Å². The van der Waals surface area contributed by atoms with Crippen molar-refractivity contribution >= 4 is 33.5 Å². The Bertz CT molecular complexity index is 1020. The molecule has 0 aliphatic carbocycles. The number of amides is 1. The van der Waals surface area contributed by atoms with Crippen LogP contribution in [0, 0.1) is 12.3 Å². The number of rotatable bonds is 2. The van der Waals surface area contributed by atoms with E-state index < -0.39 is 18.2 Å². The molecule has 2 aliphatic rings. The van der Waals surface area contributed by atoms with Crippen LogP contribution in [0.25, 0.3) is 10.2 Å². The summed E-state index contributed by atoms with van der Waals surface area (Å²) < 4.78 is 44.3. The highest BCUT2D eigenvalue weighted by atomic mass is 32.1. The molecule has 176 valence electrons. The summed E-state index contributed by atoms with van der Waals surface area (Å²) in [7, 11) is 0. The average Bonchev–Trinajstić information content (AvgIpc) is 3.22. The van der Waals surface area contributed by atoms with Crippen LogP contribution in [0.4, 0.5) is 23.8 Å². The van der Waals surface area contributed by atoms with Gasteiger partial charge >= 0.3 is 12.3 Å². The van der Waals surface area contributed by atoms with Gasteiger partial charge in [0.05, 0.1) is 11.8 Å². The first-order valence-corrected chi connectivity index (χ1v) is 11.7. The highest BCUT2D eigenvalue weighted by Gasteiger charge is 2.44. The van der Waals surface area contributed by atoms with Gasteiger partial charge in [-0.2, -0.15) is 13.2 Å². The van der Waals surface area contributed by atoms with Crippen molar-refractivity contribution in [2.45, 2.75) is 65.2 Å². The minimum Gasteiger partial charge on any atom is -0.444 e. The van der Waals surface area contributed by atoms with Crippen LogP contribution in [0.1, 0.15) is 50.7 Å². The molecule has 4 rings (SSSR count). The molecule has 1 amide bonds. The number of hydrogen-bond acceptors (Lipinski definition) is 6. The predicted molar refractivity (Wildman–Crippen MR) is 118 cm³/mol. The van der Waals surface area contributed by atoms with Gasteiger partial charge in [0.1, 0.15) is 22.1 Å². The Morgan fingerprint density at radius 2 is 1.94 bits per heavy atom. The second-order valence-corrected chi connectivity index (χ2v) is 11.1. The number of alkyl halides is 3. The number of aromatic nitrogens is 2. The third kappa shape index (κ3) is 5.10. The van der Waals surface area contributed by atoms with E-state index in [1.807, 2.05) is 20.8 Å². The molecule has 2 aromatic rings. The number of likely N-dealkylation sites (tertiary alicyclic amines) is 1. The number of halogens is 3. The molecule has 0 saturated carbocycles. The first kappa shape index (κ1) is 23.1. The lowest BCUT2D eigenvalue weighted by Crippen LogP contribution is -2.46. The maximum Gasteiger partial charge on any atom is 0.410 e. The van der Waals surface area contributed by atoms with Gasteiger partial charge in [-0.15, -0.1) is 11.3 Å². The predicted octanol–water partition coefficient (Wildman–Crippen LogP) is 5.33. The Morgan fingerprint density at radius 3 is 2.62 bits per heavy atom. The number of anilines is 1. The van der Waals surface area contributed by atoms with E-state index in [2.05, 4.69) is 14.9 Å². The van der Waals surface area contributed by atoms with E-state index >= 15 is 0 Å². The zero-order valence-electron chi connectivity index (χ0n) is 18.9. The number of nitrogens with zero attached hydrogens (tertiary/aromatic N) is 4. The fourth-order valence-corrected chi connectivity index (χ4v) is 5.82. The van der Waals surface area contributed by atoms with Crippen molar-refractivity contribution in [2.75, 3.05) is 31.1 Å². The number of aryl methyl sites for hydroxylation is 1. The molecule has 32 heavy (non-hydrogen) atoms. The summed E-state index contributed by atoms with van der Waals surface area (Å²) in [4.78, 5) is 26.4. The molecule has 2 fully saturated rings. The van der Waals surface area contributed by atoms with Crippen LogP contribution in [-0.2, 0) is 11.2 Å². The lowest BCUT2D eigenvalue weighted by Gasteiger charge is -2.41. The third-order valence-corrected chi connectivity index (χ3v) is 6.99. The Morgan fingerprint density at radius 1 is 1.19 bits per heavy atom. The van der Waals surface area contributed by atoms with Crippen molar-refractivity contribution in [1.82, 2.24) is 14.9 Å². The van der Waals surface area contributed by atoms with Crippen molar-refractivity contribution in [1.29, 1.82) is 0 Å². The Kier molecular flexibility index (Phi) is 5.80. The number of fused-ring (bicyclic) bond motifs is 1. The Balaban J connectivity index is 1.56. The first-order valence-electron chi connectivity index (χ1n) is 10.9. The number of hydrogen-bond donors (Lipinski definition) is 0. The molecule has 6 nitrogen and oxygen atoms in total. The summed E-state index contributed by atoms with van der Waals surface area (Å²) in [5, 5.41) is 0.680. The zero-order chi connectivity index (χ0) is 23.3. The maximum atomic E-state index is 12.9. The average molecular weight is 471 g/mol. The molecule has 4 heterocycles. The Hall–Kier alpha value is -2.10. The smallest absolute Gasteiger partial charge is 0.410 e. The highest BCUT2D eigenvalue weighted by molar-refractivity contribution is 7.18. The number of piperidine rings is 1. The molecular weight excluding hydrogens is 441 g/mol. The van der Waals surface area contributed by atoms with Crippen LogP contribution >= 0.6 is 11.3 Å². The van der Waals surface area contributed by atoms with E-state index in [1.165, 1.54) is 0 Å². The van der Waals surface area contributed by atoms with Crippen molar-refractivity contribution in [3.8, 4) is 0 Å². The number of thiophene rings is 1. The molecule has 0 bridgehead atoms. The van der Waals surface area contributed by atoms with Gasteiger partial charge in [-0.3, -0.25) is 0 Å². The van der Waals surface area contributed by atoms with Gasteiger partial charge in [0.2, 0.25) is 0 Å². The van der Waals surface area contributed by atoms with Crippen LogP contribution < -0.4 is 4.90 Å². The van der Waals surface area contributed by atoms with Gasteiger partial charge in [-0.05, 0) is 53.0 Å². The Labute approximate surface area is 189 Å². The largest absolute Gasteiger partial charge is 0.444 e. The van der Waals surface area contributed by atoms with Crippen molar-refractivity contribution in [3.05, 3.63) is 16.8 Å². The van der Waals surface area contributed by atoms with Gasteiger partial charge in [0.25, 0.3) is 0 Å². The van der Waals surface area contributed by atoms with Gasteiger partial charge in [-0.1, -0.05) is 0 Å². The number of carbonyl (C=O) groups is 1. The molecule has 1 atom stereocenters. The monoisotopic (exact) mass is 470 g/mol. The van der Waals surface area contributed by atoms with Crippen LogP contribution in [-0.4, -0.2) is 58.9 Å². The van der Waals surface area contributed by atoms with Crippen molar-refractivity contribution < 1.29 is 22.7 Å².